The molecule has 1 heterocycles. The molecule has 6 nitrogen and oxygen atoms in total. The minimum absolute atomic E-state index is 0.0389. The van der Waals surface area contributed by atoms with Crippen molar-refractivity contribution in [2.45, 2.75) is 46.1 Å². The van der Waals surface area contributed by atoms with Gasteiger partial charge in [-0.2, -0.15) is 0 Å². The van der Waals surface area contributed by atoms with Gasteiger partial charge < -0.3 is 20.9 Å². The summed E-state index contributed by atoms with van der Waals surface area (Å²) in [5.41, 5.74) is 3.53. The number of anilines is 2. The third-order valence-electron chi connectivity index (χ3n) is 5.58. The molecule has 2 aromatic carbocycles. The van der Waals surface area contributed by atoms with Crippen LogP contribution in [0.3, 0.4) is 0 Å². The highest BCUT2D eigenvalue weighted by molar-refractivity contribution is 6.02. The molecule has 0 saturated carbocycles. The Morgan fingerprint density at radius 1 is 1.06 bits per heavy atom. The van der Waals surface area contributed by atoms with E-state index in [1.165, 1.54) is 5.56 Å². The molecule has 0 bridgehead atoms. The Kier molecular flexibility index (Phi) is 7.93. The lowest BCUT2D eigenvalue weighted by Gasteiger charge is -2.35. The normalized spacial score (nSPS) is 14.4. The van der Waals surface area contributed by atoms with E-state index in [-0.39, 0.29) is 18.0 Å². The van der Waals surface area contributed by atoms with Crippen LogP contribution >= 0.6 is 0 Å². The molecule has 1 saturated heterocycles. The Morgan fingerprint density at radius 2 is 1.77 bits per heavy atom. The van der Waals surface area contributed by atoms with Crippen molar-refractivity contribution in [3.63, 3.8) is 0 Å². The van der Waals surface area contributed by atoms with Crippen LogP contribution in [0, 0.1) is 5.92 Å². The predicted molar refractivity (Wildman–Crippen MR) is 127 cm³/mol. The molecule has 0 aromatic heterocycles. The highest BCUT2D eigenvalue weighted by Crippen LogP contribution is 2.30. The first-order chi connectivity index (χ1) is 15.0. The van der Waals surface area contributed by atoms with E-state index in [4.69, 9.17) is 0 Å². The number of piperidine rings is 1. The summed E-state index contributed by atoms with van der Waals surface area (Å²) in [6.07, 6.45) is 3.29. The molecule has 0 aliphatic carbocycles. The van der Waals surface area contributed by atoms with Crippen molar-refractivity contribution < 1.29 is 9.59 Å². The SMILES string of the molecule is CCNC(=O)Nc1ccc(N2CCC(Cc3ccccc3)CC2)c(C(=O)NC(C)C)c1. The summed E-state index contributed by atoms with van der Waals surface area (Å²) in [4.78, 5) is 27.1. The third kappa shape index (κ3) is 6.48. The summed E-state index contributed by atoms with van der Waals surface area (Å²) in [6, 6.07) is 16.0. The van der Waals surface area contributed by atoms with Gasteiger partial charge in [-0.25, -0.2) is 4.79 Å². The molecule has 0 spiro atoms. The van der Waals surface area contributed by atoms with Gasteiger partial charge in [0.25, 0.3) is 5.91 Å². The van der Waals surface area contributed by atoms with Crippen LogP contribution in [-0.2, 0) is 6.42 Å². The minimum Gasteiger partial charge on any atom is -0.371 e. The van der Waals surface area contributed by atoms with Crippen LogP contribution in [0.2, 0.25) is 0 Å². The van der Waals surface area contributed by atoms with Crippen LogP contribution in [0.15, 0.2) is 48.5 Å². The third-order valence-corrected chi connectivity index (χ3v) is 5.58. The van der Waals surface area contributed by atoms with E-state index >= 15 is 0 Å². The minimum atomic E-state index is -0.271. The lowest BCUT2D eigenvalue weighted by molar-refractivity contribution is 0.0943. The first-order valence-electron chi connectivity index (χ1n) is 11.2. The lowest BCUT2D eigenvalue weighted by Crippen LogP contribution is -2.37. The topological polar surface area (TPSA) is 73.5 Å². The smallest absolute Gasteiger partial charge is 0.319 e. The van der Waals surface area contributed by atoms with E-state index in [1.54, 1.807) is 6.07 Å². The second-order valence-corrected chi connectivity index (χ2v) is 8.46. The molecular formula is C25H34N4O2. The lowest BCUT2D eigenvalue weighted by atomic mass is 9.89. The summed E-state index contributed by atoms with van der Waals surface area (Å²) in [7, 11) is 0. The Morgan fingerprint density at radius 3 is 2.42 bits per heavy atom. The van der Waals surface area contributed by atoms with Gasteiger partial charge in [-0.1, -0.05) is 30.3 Å². The number of urea groups is 1. The number of nitrogens with one attached hydrogen (secondary N) is 3. The fraction of sp³-hybridized carbons (Fsp3) is 0.440. The van der Waals surface area contributed by atoms with Crippen molar-refractivity contribution in [2.24, 2.45) is 5.92 Å². The maximum absolute atomic E-state index is 12.9. The molecule has 1 aliphatic heterocycles. The van der Waals surface area contributed by atoms with Crippen LogP contribution in [0.5, 0.6) is 0 Å². The molecule has 31 heavy (non-hydrogen) atoms. The molecule has 3 N–H and O–H groups in total. The Hall–Kier alpha value is -3.02. The second kappa shape index (κ2) is 10.8. The van der Waals surface area contributed by atoms with Crippen molar-refractivity contribution in [1.29, 1.82) is 0 Å². The number of amides is 3. The van der Waals surface area contributed by atoms with Gasteiger partial charge in [-0.05, 0) is 69.7 Å². The molecule has 0 radical (unpaired) electrons. The first-order valence-corrected chi connectivity index (χ1v) is 11.2. The molecule has 0 atom stereocenters. The fourth-order valence-corrected chi connectivity index (χ4v) is 4.07. The Labute approximate surface area is 185 Å². The molecular weight excluding hydrogens is 388 g/mol. The van der Waals surface area contributed by atoms with Crippen molar-refractivity contribution >= 4 is 23.3 Å². The van der Waals surface area contributed by atoms with E-state index in [0.29, 0.717) is 23.7 Å². The predicted octanol–water partition coefficient (Wildman–Crippen LogP) is 4.43. The fourth-order valence-electron chi connectivity index (χ4n) is 4.07. The van der Waals surface area contributed by atoms with Crippen molar-refractivity contribution in [2.75, 3.05) is 29.9 Å². The largest absolute Gasteiger partial charge is 0.371 e. The zero-order valence-electron chi connectivity index (χ0n) is 18.8. The molecule has 1 fully saturated rings. The van der Waals surface area contributed by atoms with Crippen LogP contribution in [0.4, 0.5) is 16.2 Å². The van der Waals surface area contributed by atoms with Crippen LogP contribution in [0.1, 0.15) is 49.5 Å². The van der Waals surface area contributed by atoms with Crippen LogP contribution < -0.4 is 20.9 Å². The van der Waals surface area contributed by atoms with Gasteiger partial charge in [0.15, 0.2) is 0 Å². The zero-order chi connectivity index (χ0) is 22.2. The van der Waals surface area contributed by atoms with E-state index in [9.17, 15) is 9.59 Å². The molecule has 6 heteroatoms. The Balaban J connectivity index is 1.73. The van der Waals surface area contributed by atoms with Crippen LogP contribution in [0.25, 0.3) is 0 Å². The van der Waals surface area contributed by atoms with Crippen molar-refractivity contribution in [1.82, 2.24) is 10.6 Å². The number of carbonyl (C=O) groups is 2. The van der Waals surface area contributed by atoms with Gasteiger partial charge in [0.05, 0.1) is 5.56 Å². The van der Waals surface area contributed by atoms with E-state index in [2.05, 4.69) is 51.2 Å². The average molecular weight is 423 g/mol. The standard InChI is InChI=1S/C25H34N4O2/c1-4-26-25(31)28-21-10-11-23(22(17-21)24(30)27-18(2)3)29-14-12-20(13-15-29)16-19-8-6-5-7-9-19/h5-11,17-18,20H,4,12-16H2,1-3H3,(H,27,30)(H2,26,28,31). The second-order valence-electron chi connectivity index (χ2n) is 8.46. The van der Waals surface area contributed by atoms with Gasteiger partial charge in [-0.15, -0.1) is 0 Å². The highest BCUT2D eigenvalue weighted by atomic mass is 16.2. The van der Waals surface area contributed by atoms with Gasteiger partial charge in [0.2, 0.25) is 0 Å². The number of hydrogen-bond donors (Lipinski definition) is 3. The molecule has 166 valence electrons. The van der Waals surface area contributed by atoms with E-state index < -0.39 is 0 Å². The molecule has 1 aliphatic rings. The summed E-state index contributed by atoms with van der Waals surface area (Å²) >= 11 is 0. The number of nitrogens with zero attached hydrogens (tertiary/aromatic N) is 1. The van der Waals surface area contributed by atoms with Gasteiger partial charge in [0.1, 0.15) is 0 Å². The van der Waals surface area contributed by atoms with E-state index in [0.717, 1.165) is 38.0 Å². The average Bonchev–Trinajstić information content (AvgIpc) is 2.75. The first kappa shape index (κ1) is 22.7. The maximum atomic E-state index is 12.9. The Bertz CT molecular complexity index is 874. The van der Waals surface area contributed by atoms with Crippen molar-refractivity contribution in [3.8, 4) is 0 Å². The zero-order valence-corrected chi connectivity index (χ0v) is 18.8. The number of benzene rings is 2. The molecule has 3 rings (SSSR count). The molecule has 0 unspecified atom stereocenters. The quantitative estimate of drug-likeness (QED) is 0.618. The highest BCUT2D eigenvalue weighted by Gasteiger charge is 2.24. The van der Waals surface area contributed by atoms with Gasteiger partial charge in [0, 0.05) is 37.1 Å². The summed E-state index contributed by atoms with van der Waals surface area (Å²) in [6.45, 7) is 8.14. The summed E-state index contributed by atoms with van der Waals surface area (Å²) in [5, 5.41) is 8.52. The molecule has 2 aromatic rings. The van der Waals surface area contributed by atoms with Gasteiger partial charge >= 0.3 is 6.03 Å². The van der Waals surface area contributed by atoms with Crippen molar-refractivity contribution in [3.05, 3.63) is 59.7 Å². The van der Waals surface area contributed by atoms with E-state index in [1.807, 2.05) is 32.9 Å². The number of rotatable bonds is 7. The number of carbonyl (C=O) groups excluding carboxylic acids is 2. The summed E-state index contributed by atoms with van der Waals surface area (Å²) in [5.74, 6) is 0.543. The van der Waals surface area contributed by atoms with Crippen LogP contribution in [-0.4, -0.2) is 37.6 Å². The van der Waals surface area contributed by atoms with Gasteiger partial charge in [-0.3, -0.25) is 4.79 Å². The number of hydrogen-bond acceptors (Lipinski definition) is 3. The summed E-state index contributed by atoms with van der Waals surface area (Å²) < 4.78 is 0. The monoisotopic (exact) mass is 422 g/mol. The molecule has 3 amide bonds. The maximum Gasteiger partial charge on any atom is 0.319 e.